The summed E-state index contributed by atoms with van der Waals surface area (Å²) in [5, 5.41) is 2.04. The lowest BCUT2D eigenvalue weighted by Crippen LogP contribution is -2.30. The molecule has 0 aliphatic heterocycles. The predicted octanol–water partition coefficient (Wildman–Crippen LogP) is 3.10. The number of benzene rings is 1. The maximum atomic E-state index is 12.1. The zero-order valence-electron chi connectivity index (χ0n) is 12.5. The van der Waals surface area contributed by atoms with Gasteiger partial charge in [0, 0.05) is 11.9 Å². The first-order chi connectivity index (χ1) is 10.1. The quantitative estimate of drug-likeness (QED) is 0.823. The van der Waals surface area contributed by atoms with E-state index in [0.29, 0.717) is 12.3 Å². The highest BCUT2D eigenvalue weighted by molar-refractivity contribution is 7.10. The van der Waals surface area contributed by atoms with E-state index in [4.69, 9.17) is 9.47 Å². The van der Waals surface area contributed by atoms with Crippen LogP contribution in [0.1, 0.15) is 10.4 Å². The highest BCUT2D eigenvalue weighted by atomic mass is 32.1. The number of amides is 1. The number of carbonyl (C=O) groups excluding carboxylic acids is 1. The summed E-state index contributed by atoms with van der Waals surface area (Å²) < 4.78 is 10.6. The topological polar surface area (TPSA) is 38.8 Å². The van der Waals surface area contributed by atoms with Gasteiger partial charge in [0.2, 0.25) is 0 Å². The summed E-state index contributed by atoms with van der Waals surface area (Å²) in [6.45, 7) is 2.71. The molecule has 21 heavy (non-hydrogen) atoms. The number of rotatable bonds is 6. The standard InChI is InChI=1S/C16H19NO3S/c1-12-8-9-21-15(12)10-17(2)16(18)11-20-14-6-4-13(19-3)5-7-14/h4-9H,10-11H2,1-3H3. The van der Waals surface area contributed by atoms with Crippen LogP contribution in [0.25, 0.3) is 0 Å². The number of likely N-dealkylation sites (N-methyl/N-ethyl adjacent to an activating group) is 1. The van der Waals surface area contributed by atoms with Crippen molar-refractivity contribution in [3.63, 3.8) is 0 Å². The fourth-order valence-electron chi connectivity index (χ4n) is 1.80. The summed E-state index contributed by atoms with van der Waals surface area (Å²) in [4.78, 5) is 14.9. The molecule has 112 valence electrons. The number of aryl methyl sites for hydroxylation is 1. The molecule has 0 aliphatic rings. The average Bonchev–Trinajstić information content (AvgIpc) is 2.90. The first-order valence-electron chi connectivity index (χ1n) is 6.64. The molecule has 0 spiro atoms. The molecule has 0 saturated heterocycles. The molecule has 1 amide bonds. The Bertz CT molecular complexity index is 592. The van der Waals surface area contributed by atoms with Crippen molar-refractivity contribution in [2.24, 2.45) is 0 Å². The molecule has 0 fully saturated rings. The van der Waals surface area contributed by atoms with Gasteiger partial charge in [-0.2, -0.15) is 0 Å². The van der Waals surface area contributed by atoms with Gasteiger partial charge in [-0.1, -0.05) is 0 Å². The van der Waals surface area contributed by atoms with Gasteiger partial charge in [0.15, 0.2) is 6.61 Å². The van der Waals surface area contributed by atoms with Crippen LogP contribution in [0.4, 0.5) is 0 Å². The Morgan fingerprint density at radius 2 is 1.86 bits per heavy atom. The zero-order chi connectivity index (χ0) is 15.2. The van der Waals surface area contributed by atoms with Crippen molar-refractivity contribution in [2.45, 2.75) is 13.5 Å². The number of methoxy groups -OCH3 is 1. The maximum absolute atomic E-state index is 12.1. The summed E-state index contributed by atoms with van der Waals surface area (Å²) in [6, 6.07) is 9.24. The molecule has 4 nitrogen and oxygen atoms in total. The van der Waals surface area contributed by atoms with Gasteiger partial charge < -0.3 is 14.4 Å². The van der Waals surface area contributed by atoms with Gasteiger partial charge >= 0.3 is 0 Å². The van der Waals surface area contributed by atoms with Crippen LogP contribution in [0.15, 0.2) is 35.7 Å². The molecule has 0 bridgehead atoms. The Morgan fingerprint density at radius 3 is 2.43 bits per heavy atom. The van der Waals surface area contributed by atoms with Crippen molar-refractivity contribution in [1.29, 1.82) is 0 Å². The number of ether oxygens (including phenoxy) is 2. The third kappa shape index (κ3) is 4.23. The molecule has 2 aromatic rings. The molecular weight excluding hydrogens is 286 g/mol. The summed E-state index contributed by atoms with van der Waals surface area (Å²) >= 11 is 1.67. The van der Waals surface area contributed by atoms with Gasteiger partial charge in [0.25, 0.3) is 5.91 Å². The number of hydrogen-bond acceptors (Lipinski definition) is 4. The van der Waals surface area contributed by atoms with Crippen molar-refractivity contribution >= 4 is 17.2 Å². The first-order valence-corrected chi connectivity index (χ1v) is 7.52. The molecule has 1 aromatic carbocycles. The largest absolute Gasteiger partial charge is 0.497 e. The second kappa shape index (κ2) is 7.13. The van der Waals surface area contributed by atoms with E-state index in [2.05, 4.69) is 13.0 Å². The normalized spacial score (nSPS) is 10.2. The maximum Gasteiger partial charge on any atom is 0.260 e. The predicted molar refractivity (Wildman–Crippen MR) is 84.0 cm³/mol. The van der Waals surface area contributed by atoms with E-state index in [1.165, 1.54) is 10.4 Å². The lowest BCUT2D eigenvalue weighted by molar-refractivity contribution is -0.132. The van der Waals surface area contributed by atoms with Crippen LogP contribution in [0, 0.1) is 6.92 Å². The van der Waals surface area contributed by atoms with Gasteiger partial charge in [-0.3, -0.25) is 4.79 Å². The van der Waals surface area contributed by atoms with Crippen molar-refractivity contribution in [3.05, 3.63) is 46.2 Å². The molecule has 0 N–H and O–H groups in total. The van der Waals surface area contributed by atoms with Crippen LogP contribution < -0.4 is 9.47 Å². The molecule has 0 radical (unpaired) electrons. The molecule has 1 heterocycles. The molecule has 0 aliphatic carbocycles. The van der Waals surface area contributed by atoms with Crippen LogP contribution >= 0.6 is 11.3 Å². The second-order valence-corrected chi connectivity index (χ2v) is 5.74. The SMILES string of the molecule is COc1ccc(OCC(=O)N(C)Cc2sccc2C)cc1. The van der Waals surface area contributed by atoms with Gasteiger partial charge in [0.1, 0.15) is 11.5 Å². The number of hydrogen-bond donors (Lipinski definition) is 0. The Balaban J connectivity index is 1.84. The molecule has 2 rings (SSSR count). The smallest absolute Gasteiger partial charge is 0.260 e. The van der Waals surface area contributed by atoms with Crippen LogP contribution in [-0.4, -0.2) is 31.6 Å². The summed E-state index contributed by atoms with van der Waals surface area (Å²) in [5.41, 5.74) is 1.22. The number of carbonyl (C=O) groups is 1. The van der Waals surface area contributed by atoms with Gasteiger partial charge in [-0.25, -0.2) is 0 Å². The highest BCUT2D eigenvalue weighted by Gasteiger charge is 2.12. The molecule has 5 heteroatoms. The van der Waals surface area contributed by atoms with Crippen LogP contribution in [0.2, 0.25) is 0 Å². The number of nitrogens with zero attached hydrogens (tertiary/aromatic N) is 1. The highest BCUT2D eigenvalue weighted by Crippen LogP contribution is 2.18. The minimum absolute atomic E-state index is 0.0350. The van der Waals surface area contributed by atoms with Crippen LogP contribution in [0.3, 0.4) is 0 Å². The average molecular weight is 305 g/mol. The van der Waals surface area contributed by atoms with Gasteiger partial charge in [0.05, 0.1) is 13.7 Å². The van der Waals surface area contributed by atoms with Gasteiger partial charge in [-0.15, -0.1) is 11.3 Å². The Kier molecular flexibility index (Phi) is 5.22. The third-order valence-electron chi connectivity index (χ3n) is 3.20. The molecule has 0 atom stereocenters. The van der Waals surface area contributed by atoms with Crippen LogP contribution in [-0.2, 0) is 11.3 Å². The summed E-state index contributed by atoms with van der Waals surface area (Å²) in [5.74, 6) is 1.38. The van der Waals surface area contributed by atoms with Crippen molar-refractivity contribution < 1.29 is 14.3 Å². The molecule has 1 aromatic heterocycles. The van der Waals surface area contributed by atoms with Crippen molar-refractivity contribution in [1.82, 2.24) is 4.90 Å². The Morgan fingerprint density at radius 1 is 1.19 bits per heavy atom. The summed E-state index contributed by atoms with van der Waals surface area (Å²) in [6.07, 6.45) is 0. The van der Waals surface area contributed by atoms with E-state index in [-0.39, 0.29) is 12.5 Å². The van der Waals surface area contributed by atoms with E-state index < -0.39 is 0 Å². The monoisotopic (exact) mass is 305 g/mol. The molecule has 0 saturated carbocycles. The Labute approximate surface area is 128 Å². The van der Waals surface area contributed by atoms with E-state index in [9.17, 15) is 4.79 Å². The van der Waals surface area contributed by atoms with E-state index in [1.807, 2.05) is 5.38 Å². The fourth-order valence-corrected chi connectivity index (χ4v) is 2.76. The van der Waals surface area contributed by atoms with Crippen LogP contribution in [0.5, 0.6) is 11.5 Å². The molecule has 0 unspecified atom stereocenters. The van der Waals surface area contributed by atoms with E-state index >= 15 is 0 Å². The second-order valence-electron chi connectivity index (χ2n) is 4.74. The first kappa shape index (κ1) is 15.4. The fraction of sp³-hybridized carbons (Fsp3) is 0.312. The molecular formula is C16H19NO3S. The van der Waals surface area contributed by atoms with E-state index in [1.54, 1.807) is 54.7 Å². The number of thiophene rings is 1. The van der Waals surface area contributed by atoms with Crippen molar-refractivity contribution in [2.75, 3.05) is 20.8 Å². The van der Waals surface area contributed by atoms with Crippen molar-refractivity contribution in [3.8, 4) is 11.5 Å². The lowest BCUT2D eigenvalue weighted by atomic mass is 10.3. The minimum atomic E-state index is -0.0429. The summed E-state index contributed by atoms with van der Waals surface area (Å²) in [7, 11) is 3.40. The van der Waals surface area contributed by atoms with Gasteiger partial charge in [-0.05, 0) is 48.2 Å². The third-order valence-corrected chi connectivity index (χ3v) is 4.20. The lowest BCUT2D eigenvalue weighted by Gasteiger charge is -2.17. The Hall–Kier alpha value is -2.01. The van der Waals surface area contributed by atoms with E-state index in [0.717, 1.165) is 5.75 Å². The minimum Gasteiger partial charge on any atom is -0.497 e. The zero-order valence-corrected chi connectivity index (χ0v) is 13.3.